The second-order valence-electron chi connectivity index (χ2n) is 20.2. The summed E-state index contributed by atoms with van der Waals surface area (Å²) < 4.78 is 0. The predicted octanol–water partition coefficient (Wildman–Crippen LogP) is 2.09. The summed E-state index contributed by atoms with van der Waals surface area (Å²) in [6.45, 7) is 1.52. The third-order valence-electron chi connectivity index (χ3n) is 14.1. The summed E-state index contributed by atoms with van der Waals surface area (Å²) in [5.74, 6) is -7.02. The zero-order chi connectivity index (χ0) is 58.9. The van der Waals surface area contributed by atoms with E-state index in [2.05, 4.69) is 41.9 Å². The van der Waals surface area contributed by atoms with Gasteiger partial charge in [-0.2, -0.15) is 0 Å². The number of unbranched alkanes of at least 4 members (excludes halogenated alkanes) is 1. The van der Waals surface area contributed by atoms with E-state index in [1.807, 2.05) is 60.7 Å². The van der Waals surface area contributed by atoms with E-state index >= 15 is 9.59 Å². The number of hydrogen-bond acceptors (Lipinski definition) is 14. The molecular weight excluding hydrogens is 1110 g/mol. The third kappa shape index (κ3) is 17.2. The molecular formula is C58H69ClN12O9S2. The van der Waals surface area contributed by atoms with Crippen molar-refractivity contribution in [2.24, 2.45) is 17.2 Å². The number of fused-ring (bicyclic) bond motifs is 2. The first kappa shape index (κ1) is 62.1. The molecule has 9 atom stereocenters. The minimum atomic E-state index is -1.70. The average Bonchev–Trinajstić information content (AvgIpc) is 3.93. The number of amides is 8. The van der Waals surface area contributed by atoms with Crippen molar-refractivity contribution < 1.29 is 43.5 Å². The number of benzene rings is 4. The van der Waals surface area contributed by atoms with Crippen LogP contribution in [0.25, 0.3) is 21.7 Å². The van der Waals surface area contributed by atoms with Gasteiger partial charge in [0.1, 0.15) is 42.3 Å². The molecule has 1 aliphatic rings. The molecule has 6 aromatic rings. The Hall–Kier alpha value is -7.54. The molecule has 434 valence electrons. The Morgan fingerprint density at radius 2 is 1.49 bits per heavy atom. The van der Waals surface area contributed by atoms with Gasteiger partial charge >= 0.3 is 0 Å². The fourth-order valence-electron chi connectivity index (χ4n) is 9.43. The summed E-state index contributed by atoms with van der Waals surface area (Å²) >= 11 is 6.11. The fourth-order valence-corrected chi connectivity index (χ4v) is 11.9. The van der Waals surface area contributed by atoms with Crippen LogP contribution >= 0.6 is 33.2 Å². The van der Waals surface area contributed by atoms with Crippen LogP contribution < -0.4 is 49.1 Å². The number of aliphatic hydroxyl groups excluding tert-OH is 1. The molecule has 3 heterocycles. The van der Waals surface area contributed by atoms with Gasteiger partial charge in [0.25, 0.3) is 0 Å². The van der Waals surface area contributed by atoms with Gasteiger partial charge in [-0.25, -0.2) is 0 Å². The molecule has 0 saturated carbocycles. The monoisotopic (exact) mass is 1180 g/mol. The average molecular weight is 1180 g/mol. The minimum absolute atomic E-state index is 0.0150. The second-order valence-corrected chi connectivity index (χ2v) is 23.2. The van der Waals surface area contributed by atoms with Crippen molar-refractivity contribution in [3.63, 3.8) is 0 Å². The van der Waals surface area contributed by atoms with Crippen molar-refractivity contribution in [3.05, 3.63) is 149 Å². The Morgan fingerprint density at radius 3 is 2.21 bits per heavy atom. The number of H-pyrrole nitrogens is 1. The molecule has 1 fully saturated rings. The number of primary amides is 1. The molecule has 24 heteroatoms. The highest BCUT2D eigenvalue weighted by Crippen LogP contribution is 2.26. The summed E-state index contributed by atoms with van der Waals surface area (Å²) in [6, 6.07) is 19.5. The summed E-state index contributed by atoms with van der Waals surface area (Å²) in [5, 5.41) is 30.5. The maximum atomic E-state index is 15.2. The first-order valence-corrected chi connectivity index (χ1v) is 29.7. The number of carbonyl (C=O) groups excluding carboxylic acids is 8. The van der Waals surface area contributed by atoms with Gasteiger partial charge in [-0.05, 0) is 96.4 Å². The minimum Gasteiger partial charge on any atom is -0.391 e. The number of rotatable bonds is 18. The summed E-state index contributed by atoms with van der Waals surface area (Å²) in [6.07, 6.45) is 3.88. The first-order valence-electron chi connectivity index (χ1n) is 26.8. The Balaban J connectivity index is 1.26. The molecule has 82 heavy (non-hydrogen) atoms. The lowest BCUT2D eigenvalue weighted by Gasteiger charge is -2.33. The van der Waals surface area contributed by atoms with Crippen LogP contribution in [0.3, 0.4) is 0 Å². The van der Waals surface area contributed by atoms with E-state index in [9.17, 15) is 33.9 Å². The molecule has 0 radical (unpaired) electrons. The third-order valence-corrected chi connectivity index (χ3v) is 16.7. The second kappa shape index (κ2) is 30.0. The van der Waals surface area contributed by atoms with E-state index in [-0.39, 0.29) is 50.2 Å². The Morgan fingerprint density at radius 1 is 0.780 bits per heavy atom. The van der Waals surface area contributed by atoms with Crippen LogP contribution in [-0.4, -0.2) is 147 Å². The number of carbonyl (C=O) groups is 8. The molecule has 1 aliphatic heterocycles. The first-order chi connectivity index (χ1) is 39.4. The maximum Gasteiger partial charge on any atom is 0.245 e. The van der Waals surface area contributed by atoms with Crippen LogP contribution in [0.4, 0.5) is 0 Å². The summed E-state index contributed by atoms with van der Waals surface area (Å²) in [4.78, 5) is 124. The smallest absolute Gasteiger partial charge is 0.245 e. The lowest BCUT2D eigenvalue weighted by atomic mass is 9.99. The molecule has 0 spiro atoms. The number of para-hydroxylation sites is 1. The Labute approximate surface area is 487 Å². The van der Waals surface area contributed by atoms with Crippen molar-refractivity contribution in [2.75, 3.05) is 25.1 Å². The van der Waals surface area contributed by atoms with Crippen LogP contribution in [0.1, 0.15) is 48.4 Å². The Kier molecular flexibility index (Phi) is 22.7. The lowest BCUT2D eigenvalue weighted by Crippen LogP contribution is -2.62. The van der Waals surface area contributed by atoms with Crippen molar-refractivity contribution in [1.29, 1.82) is 0 Å². The van der Waals surface area contributed by atoms with E-state index < -0.39 is 102 Å². The van der Waals surface area contributed by atoms with Gasteiger partial charge in [-0.3, -0.25) is 43.3 Å². The maximum absolute atomic E-state index is 15.2. The van der Waals surface area contributed by atoms with Gasteiger partial charge in [-0.1, -0.05) is 112 Å². The number of nitrogens with one attached hydrogen (secondary N) is 7. The molecule has 8 amide bonds. The standard InChI is InChI=1S/C58H69ClN12O9S2/c1-33(72)50-57(79)69-48(54(76)66-45(51(62)73)26-35-16-19-37-11-3-4-12-38(37)24-35)32-82-81-31-47(68-52(74)42(61)25-34-17-20-40(59)21-18-34)55(77)67-46(27-36-10-9-23-63-29-36)58(80)71(2)49(28-39-30-64-43-14-6-5-13-41(39)43)56(78)65-44(53(75)70-50)15-7-8-22-60/h3-6,9-14,16-21,23-24,29-30,33,42,44-50,64,72H,7-8,15,22,25-28,31-32,60-61H2,1-2H3,(H2,62,73)(H,65,78)(H,66,76)(H,67,77)(H,68,74)(H,69,79)(H,70,75)/t33-,42+,44+,45+,46+,47?,48?,49?,50+/m1/s1. The van der Waals surface area contributed by atoms with Gasteiger partial charge in [0.2, 0.25) is 47.3 Å². The quantitative estimate of drug-likeness (QED) is 0.0434. The normalized spacial score (nSPS) is 21.0. The molecule has 4 aromatic carbocycles. The van der Waals surface area contributed by atoms with Crippen molar-refractivity contribution in [2.45, 2.75) is 106 Å². The van der Waals surface area contributed by atoms with Gasteiger partial charge in [-0.15, -0.1) is 0 Å². The number of aliphatic hydroxyl groups is 1. The fraction of sp³-hybridized carbons (Fsp3) is 0.362. The molecule has 0 bridgehead atoms. The highest BCUT2D eigenvalue weighted by Gasteiger charge is 2.38. The highest BCUT2D eigenvalue weighted by atomic mass is 35.5. The number of aromatic amines is 1. The van der Waals surface area contributed by atoms with Crippen molar-refractivity contribution in [1.82, 2.24) is 46.8 Å². The van der Waals surface area contributed by atoms with Crippen LogP contribution in [0, 0.1) is 0 Å². The number of pyridine rings is 1. The van der Waals surface area contributed by atoms with E-state index in [0.29, 0.717) is 40.1 Å². The summed E-state index contributed by atoms with van der Waals surface area (Å²) in [7, 11) is 3.45. The van der Waals surface area contributed by atoms with Gasteiger partial charge in [0.15, 0.2) is 0 Å². The zero-order valence-corrected chi connectivity index (χ0v) is 47.7. The number of nitrogens with zero attached hydrogens (tertiary/aromatic N) is 2. The van der Waals surface area contributed by atoms with E-state index in [4.69, 9.17) is 28.8 Å². The van der Waals surface area contributed by atoms with Crippen LogP contribution in [0.15, 0.2) is 122 Å². The van der Waals surface area contributed by atoms with Crippen molar-refractivity contribution >= 4 is 102 Å². The molecule has 0 aliphatic carbocycles. The lowest BCUT2D eigenvalue weighted by molar-refractivity contribution is -0.143. The molecule has 2 aromatic heterocycles. The van der Waals surface area contributed by atoms with E-state index in [0.717, 1.165) is 43.3 Å². The number of aromatic nitrogens is 2. The topological polar surface area (TPSA) is 339 Å². The largest absolute Gasteiger partial charge is 0.391 e. The van der Waals surface area contributed by atoms with Crippen molar-refractivity contribution in [3.8, 4) is 0 Å². The van der Waals surface area contributed by atoms with Gasteiger partial charge in [0, 0.05) is 72.3 Å². The number of nitrogens with two attached hydrogens (primary N) is 3. The van der Waals surface area contributed by atoms with Gasteiger partial charge < -0.3 is 64.1 Å². The van der Waals surface area contributed by atoms with Gasteiger partial charge in [0.05, 0.1) is 12.1 Å². The molecule has 7 rings (SSSR count). The molecule has 3 unspecified atom stereocenters. The highest BCUT2D eigenvalue weighted by molar-refractivity contribution is 8.76. The number of hydrogen-bond donors (Lipinski definition) is 11. The van der Waals surface area contributed by atoms with Crippen LogP contribution in [-0.2, 0) is 64.0 Å². The SMILES string of the molecule is C[C@@H](O)[C@@H]1NC(=O)[C@H](CCCCN)NC(=O)C(Cc2c[nH]c3ccccc23)N(C)C(=O)[C@H](Cc2cccnc2)NC(=O)C(NC(=O)[C@@H](N)Cc2ccc(Cl)cc2)CSSCC(C(=O)N[C@@H](Cc2ccc3ccccc3c2)C(N)=O)NC1=O. The van der Waals surface area contributed by atoms with E-state index in [1.54, 1.807) is 54.9 Å². The number of halogens is 1. The van der Waals surface area contributed by atoms with Crippen LogP contribution in [0.5, 0.6) is 0 Å². The molecule has 21 nitrogen and oxygen atoms in total. The molecule has 1 saturated heterocycles. The van der Waals surface area contributed by atoms with E-state index in [1.165, 1.54) is 25.1 Å². The summed E-state index contributed by atoms with van der Waals surface area (Å²) in [5.41, 5.74) is 21.5. The molecule has 14 N–H and O–H groups in total. The number of likely N-dealkylation sites (N-methyl/N-ethyl adjacent to an activating group) is 1. The zero-order valence-electron chi connectivity index (χ0n) is 45.3. The van der Waals surface area contributed by atoms with Crippen LogP contribution in [0.2, 0.25) is 5.02 Å². The Bertz CT molecular complexity index is 3210. The predicted molar refractivity (Wildman–Crippen MR) is 318 cm³/mol.